The summed E-state index contributed by atoms with van der Waals surface area (Å²) in [7, 11) is 0. The lowest BCUT2D eigenvalue weighted by Gasteiger charge is -2.08. The molecule has 2 rings (SSSR count). The molecule has 7 heteroatoms. The number of benzene rings is 2. The van der Waals surface area contributed by atoms with Crippen LogP contribution >= 0.6 is 11.6 Å². The van der Waals surface area contributed by atoms with Gasteiger partial charge in [-0.1, -0.05) is 30.7 Å². The van der Waals surface area contributed by atoms with Crippen molar-refractivity contribution in [1.82, 2.24) is 0 Å². The standard InChI is InChI=1S/C17H17ClN2O4/c1-2-12-3-6-14(7-4-12)24-10-9-17(21)19-13-5-8-15(18)16(11-13)20(22)23/h3-8,11H,2,9-10H2,1H3,(H,19,21). The number of halogens is 1. The first kappa shape index (κ1) is 17.7. The quantitative estimate of drug-likeness (QED) is 0.600. The van der Waals surface area contributed by atoms with Crippen molar-refractivity contribution < 1.29 is 14.5 Å². The van der Waals surface area contributed by atoms with Crippen LogP contribution in [0.3, 0.4) is 0 Å². The van der Waals surface area contributed by atoms with Crippen molar-refractivity contribution in [2.24, 2.45) is 0 Å². The fourth-order valence-corrected chi connectivity index (χ4v) is 2.22. The first-order valence-corrected chi connectivity index (χ1v) is 7.83. The fraction of sp³-hybridized carbons (Fsp3) is 0.235. The molecule has 0 saturated carbocycles. The van der Waals surface area contributed by atoms with Crippen LogP contribution in [-0.4, -0.2) is 17.4 Å². The molecule has 0 unspecified atom stereocenters. The number of anilines is 1. The van der Waals surface area contributed by atoms with Crippen molar-refractivity contribution in [2.45, 2.75) is 19.8 Å². The van der Waals surface area contributed by atoms with Gasteiger partial charge in [0.2, 0.25) is 5.91 Å². The van der Waals surface area contributed by atoms with Gasteiger partial charge in [-0.25, -0.2) is 0 Å². The van der Waals surface area contributed by atoms with E-state index >= 15 is 0 Å². The van der Waals surface area contributed by atoms with Crippen LogP contribution < -0.4 is 10.1 Å². The van der Waals surface area contributed by atoms with Gasteiger partial charge in [0, 0.05) is 11.8 Å². The second-order valence-electron chi connectivity index (χ2n) is 5.07. The van der Waals surface area contributed by atoms with Gasteiger partial charge in [-0.2, -0.15) is 0 Å². The smallest absolute Gasteiger partial charge is 0.289 e. The Morgan fingerprint density at radius 2 is 1.96 bits per heavy atom. The van der Waals surface area contributed by atoms with Crippen LogP contribution in [0.5, 0.6) is 5.75 Å². The number of hydrogen-bond donors (Lipinski definition) is 1. The van der Waals surface area contributed by atoms with E-state index in [1.165, 1.54) is 23.8 Å². The molecule has 0 spiro atoms. The van der Waals surface area contributed by atoms with Crippen LogP contribution in [0.4, 0.5) is 11.4 Å². The summed E-state index contributed by atoms with van der Waals surface area (Å²) in [5.74, 6) is 0.402. The first-order chi connectivity index (χ1) is 11.5. The molecule has 0 aliphatic carbocycles. The highest BCUT2D eigenvalue weighted by atomic mass is 35.5. The van der Waals surface area contributed by atoms with Gasteiger partial charge < -0.3 is 10.1 Å². The number of rotatable bonds is 7. The lowest BCUT2D eigenvalue weighted by Crippen LogP contribution is -2.15. The van der Waals surface area contributed by atoms with Crippen molar-refractivity contribution in [3.05, 3.63) is 63.2 Å². The van der Waals surface area contributed by atoms with Gasteiger partial charge in [0.05, 0.1) is 18.0 Å². The summed E-state index contributed by atoms with van der Waals surface area (Å²) in [6.07, 6.45) is 1.09. The van der Waals surface area contributed by atoms with Crippen LogP contribution in [0, 0.1) is 10.1 Å². The Morgan fingerprint density at radius 1 is 1.25 bits per heavy atom. The molecule has 2 aromatic rings. The number of nitrogens with zero attached hydrogens (tertiary/aromatic N) is 1. The minimum atomic E-state index is -0.596. The van der Waals surface area contributed by atoms with Gasteiger partial charge in [-0.15, -0.1) is 0 Å². The molecule has 0 fully saturated rings. The maximum absolute atomic E-state index is 11.9. The SMILES string of the molecule is CCc1ccc(OCCC(=O)Nc2ccc(Cl)c([N+](=O)[O-])c2)cc1. The molecule has 0 saturated heterocycles. The molecule has 0 aliphatic rings. The number of amides is 1. The van der Waals surface area contributed by atoms with Crippen molar-refractivity contribution in [2.75, 3.05) is 11.9 Å². The van der Waals surface area contributed by atoms with Gasteiger partial charge in [-0.05, 0) is 36.2 Å². The lowest BCUT2D eigenvalue weighted by molar-refractivity contribution is -0.384. The van der Waals surface area contributed by atoms with E-state index in [-0.39, 0.29) is 29.6 Å². The summed E-state index contributed by atoms with van der Waals surface area (Å²) in [6, 6.07) is 11.8. The lowest BCUT2D eigenvalue weighted by atomic mass is 10.2. The Kier molecular flexibility index (Phi) is 6.14. The zero-order chi connectivity index (χ0) is 17.5. The molecule has 0 aromatic heterocycles. The fourth-order valence-electron chi connectivity index (χ4n) is 2.04. The van der Waals surface area contributed by atoms with Crippen LogP contribution in [0.2, 0.25) is 5.02 Å². The van der Waals surface area contributed by atoms with E-state index in [1.54, 1.807) is 0 Å². The second-order valence-corrected chi connectivity index (χ2v) is 5.47. The molecule has 0 aliphatic heterocycles. The van der Waals surface area contributed by atoms with E-state index < -0.39 is 4.92 Å². The molecule has 0 heterocycles. The molecule has 6 nitrogen and oxygen atoms in total. The monoisotopic (exact) mass is 348 g/mol. The average molecular weight is 349 g/mol. The predicted molar refractivity (Wildman–Crippen MR) is 92.7 cm³/mol. The number of nitrogens with one attached hydrogen (secondary N) is 1. The topological polar surface area (TPSA) is 81.5 Å². The van der Waals surface area contributed by atoms with Crippen molar-refractivity contribution in [3.8, 4) is 5.75 Å². The summed E-state index contributed by atoms with van der Waals surface area (Å²) >= 11 is 5.73. The Labute approximate surface area is 144 Å². The Bertz CT molecular complexity index is 732. The van der Waals surface area contributed by atoms with Gasteiger partial charge in [0.15, 0.2) is 0 Å². The second kappa shape index (κ2) is 8.31. The molecule has 1 N–H and O–H groups in total. The first-order valence-electron chi connectivity index (χ1n) is 7.45. The third-order valence-corrected chi connectivity index (χ3v) is 3.68. The van der Waals surface area contributed by atoms with E-state index in [9.17, 15) is 14.9 Å². The highest BCUT2D eigenvalue weighted by molar-refractivity contribution is 6.32. The maximum Gasteiger partial charge on any atom is 0.289 e. The average Bonchev–Trinajstić information content (AvgIpc) is 2.57. The summed E-state index contributed by atoms with van der Waals surface area (Å²) in [6.45, 7) is 2.29. The molecule has 0 radical (unpaired) electrons. The van der Waals surface area contributed by atoms with Crippen molar-refractivity contribution >= 4 is 28.9 Å². The summed E-state index contributed by atoms with van der Waals surface area (Å²) in [5, 5.41) is 13.4. The number of ether oxygens (including phenoxy) is 1. The van der Waals surface area contributed by atoms with Crippen molar-refractivity contribution in [1.29, 1.82) is 0 Å². The van der Waals surface area contributed by atoms with E-state index in [0.717, 1.165) is 6.42 Å². The van der Waals surface area contributed by atoms with E-state index in [2.05, 4.69) is 12.2 Å². The molecule has 0 bridgehead atoms. The molecular formula is C17H17ClN2O4. The molecule has 0 atom stereocenters. The van der Waals surface area contributed by atoms with Crippen LogP contribution in [0.25, 0.3) is 0 Å². The molecule has 1 amide bonds. The van der Waals surface area contributed by atoms with Gasteiger partial charge in [0.1, 0.15) is 10.8 Å². The van der Waals surface area contributed by atoms with Gasteiger partial charge in [0.25, 0.3) is 5.69 Å². The minimum absolute atomic E-state index is 0.0249. The number of nitro groups is 1. The number of aryl methyl sites for hydroxylation is 1. The number of hydrogen-bond acceptors (Lipinski definition) is 4. The maximum atomic E-state index is 11.9. The van der Waals surface area contributed by atoms with E-state index in [0.29, 0.717) is 11.4 Å². The Hall–Kier alpha value is -2.60. The molecule has 2 aromatic carbocycles. The highest BCUT2D eigenvalue weighted by Gasteiger charge is 2.13. The summed E-state index contributed by atoms with van der Waals surface area (Å²) in [5.41, 5.74) is 1.29. The predicted octanol–water partition coefficient (Wildman–Crippen LogP) is 4.22. The third-order valence-electron chi connectivity index (χ3n) is 3.36. The normalized spacial score (nSPS) is 10.2. The number of carbonyl (C=O) groups is 1. The molecule has 126 valence electrons. The summed E-state index contributed by atoms with van der Waals surface area (Å²) in [4.78, 5) is 22.1. The van der Waals surface area contributed by atoms with Crippen LogP contribution in [-0.2, 0) is 11.2 Å². The Balaban J connectivity index is 1.84. The van der Waals surface area contributed by atoms with Crippen molar-refractivity contribution in [3.63, 3.8) is 0 Å². The number of nitro benzene ring substituents is 1. The molecule has 24 heavy (non-hydrogen) atoms. The van der Waals surface area contributed by atoms with Gasteiger partial charge in [-0.3, -0.25) is 14.9 Å². The zero-order valence-electron chi connectivity index (χ0n) is 13.1. The zero-order valence-corrected chi connectivity index (χ0v) is 13.9. The van der Waals surface area contributed by atoms with Gasteiger partial charge >= 0.3 is 0 Å². The van der Waals surface area contributed by atoms with Crippen LogP contribution in [0.15, 0.2) is 42.5 Å². The van der Waals surface area contributed by atoms with E-state index in [1.807, 2.05) is 24.3 Å². The van der Waals surface area contributed by atoms with E-state index in [4.69, 9.17) is 16.3 Å². The Morgan fingerprint density at radius 3 is 2.58 bits per heavy atom. The minimum Gasteiger partial charge on any atom is -0.493 e. The number of carbonyl (C=O) groups excluding carboxylic acids is 1. The largest absolute Gasteiger partial charge is 0.493 e. The third kappa shape index (κ3) is 4.96. The highest BCUT2D eigenvalue weighted by Crippen LogP contribution is 2.27. The van der Waals surface area contributed by atoms with Crippen LogP contribution in [0.1, 0.15) is 18.9 Å². The summed E-state index contributed by atoms with van der Waals surface area (Å²) < 4.78 is 5.50. The molecular weight excluding hydrogens is 332 g/mol.